The van der Waals surface area contributed by atoms with E-state index in [0.29, 0.717) is 18.4 Å². The van der Waals surface area contributed by atoms with Crippen LogP contribution in [0.1, 0.15) is 35.7 Å². The lowest BCUT2D eigenvalue weighted by molar-refractivity contribution is 0.483. The van der Waals surface area contributed by atoms with Crippen LogP contribution in [0, 0.1) is 0 Å². The van der Waals surface area contributed by atoms with Crippen LogP contribution in [0.4, 0.5) is 0 Å². The molecule has 1 saturated carbocycles. The molecule has 3 aromatic rings. The first kappa shape index (κ1) is 15.1. The van der Waals surface area contributed by atoms with Crippen molar-refractivity contribution < 1.29 is 0 Å². The molecule has 1 unspecified atom stereocenters. The lowest BCUT2D eigenvalue weighted by atomic mass is 10.1. The number of hydrogen-bond donors (Lipinski definition) is 5. The molecule has 1 aliphatic carbocycles. The first-order chi connectivity index (χ1) is 12.7. The molecule has 0 aromatic carbocycles. The number of nitrogens with zero attached hydrogens (tertiary/aromatic N) is 4. The summed E-state index contributed by atoms with van der Waals surface area (Å²) >= 11 is 0. The maximum Gasteiger partial charge on any atom is 0.197 e. The Hall–Kier alpha value is -3.20. The molecule has 0 bridgehead atoms. The molecule has 1 atom stereocenters. The maximum atomic E-state index is 6.52. The predicted octanol–water partition coefficient (Wildman–Crippen LogP) is 0.933. The molecule has 0 radical (unpaired) electrons. The molecule has 0 amide bonds. The van der Waals surface area contributed by atoms with Crippen molar-refractivity contribution in [3.8, 4) is 0 Å². The van der Waals surface area contributed by atoms with Crippen molar-refractivity contribution in [2.75, 3.05) is 0 Å². The summed E-state index contributed by atoms with van der Waals surface area (Å²) in [6, 6.07) is 2.03. The predicted molar refractivity (Wildman–Crippen MR) is 96.9 cm³/mol. The van der Waals surface area contributed by atoms with Gasteiger partial charge < -0.3 is 21.4 Å². The topological polar surface area (TPSA) is 133 Å². The number of guanidine groups is 1. The third-order valence-electron chi connectivity index (χ3n) is 4.74. The molecular formula is C17H19N9. The second kappa shape index (κ2) is 5.67. The van der Waals surface area contributed by atoms with E-state index in [1.807, 2.05) is 12.1 Å². The van der Waals surface area contributed by atoms with Crippen LogP contribution in [0.5, 0.6) is 0 Å². The van der Waals surface area contributed by atoms with Gasteiger partial charge in [0.15, 0.2) is 11.6 Å². The van der Waals surface area contributed by atoms with E-state index in [9.17, 15) is 0 Å². The fourth-order valence-electron chi connectivity index (χ4n) is 3.11. The molecule has 1 fully saturated rings. The summed E-state index contributed by atoms with van der Waals surface area (Å²) in [5, 5.41) is 13.8. The van der Waals surface area contributed by atoms with E-state index >= 15 is 0 Å². The Morgan fingerprint density at radius 1 is 1.31 bits per heavy atom. The Kier molecular flexibility index (Phi) is 3.29. The van der Waals surface area contributed by atoms with Crippen molar-refractivity contribution in [2.45, 2.75) is 31.0 Å². The second-order valence-electron chi connectivity index (χ2n) is 6.72. The van der Waals surface area contributed by atoms with E-state index < -0.39 is 5.66 Å². The monoisotopic (exact) mass is 349 g/mol. The largest absolute Gasteiger partial charge is 0.343 e. The Labute approximate surface area is 149 Å². The van der Waals surface area contributed by atoms with Crippen LogP contribution in [-0.2, 0) is 12.2 Å². The third kappa shape index (κ3) is 2.62. The number of H-pyrrole nitrogens is 2. The Balaban J connectivity index is 1.37. The zero-order valence-corrected chi connectivity index (χ0v) is 14.0. The number of aromatic amines is 2. The van der Waals surface area contributed by atoms with Gasteiger partial charge in [-0.1, -0.05) is 0 Å². The van der Waals surface area contributed by atoms with Crippen LogP contribution in [0.15, 0.2) is 42.1 Å². The molecule has 132 valence electrons. The lowest BCUT2D eigenvalue weighted by Crippen LogP contribution is -2.57. The number of aliphatic imine (C=N–C) groups is 1. The molecule has 2 aliphatic rings. The van der Waals surface area contributed by atoms with Gasteiger partial charge in [0.1, 0.15) is 5.69 Å². The van der Waals surface area contributed by atoms with Gasteiger partial charge in [0, 0.05) is 29.6 Å². The van der Waals surface area contributed by atoms with Crippen LogP contribution in [0.2, 0.25) is 0 Å². The van der Waals surface area contributed by atoms with Crippen LogP contribution in [0.25, 0.3) is 11.0 Å². The summed E-state index contributed by atoms with van der Waals surface area (Å²) in [5.74, 6) is 1.18. The van der Waals surface area contributed by atoms with Gasteiger partial charge in [-0.05, 0) is 25.0 Å². The zero-order chi connectivity index (χ0) is 17.6. The number of aromatic nitrogens is 5. The lowest BCUT2D eigenvalue weighted by Gasteiger charge is -2.30. The summed E-state index contributed by atoms with van der Waals surface area (Å²) in [6.07, 6.45) is 11.2. The number of imidazole rings is 1. The summed E-state index contributed by atoms with van der Waals surface area (Å²) in [7, 11) is 0. The second-order valence-corrected chi connectivity index (χ2v) is 6.72. The smallest absolute Gasteiger partial charge is 0.197 e. The number of hydrogen-bond acceptors (Lipinski definition) is 5. The Morgan fingerprint density at radius 2 is 2.23 bits per heavy atom. The van der Waals surface area contributed by atoms with Gasteiger partial charge in [0.05, 0.1) is 30.1 Å². The van der Waals surface area contributed by atoms with Crippen molar-refractivity contribution in [3.63, 3.8) is 0 Å². The normalized spacial score (nSPS) is 24.0. The number of pyridine rings is 1. The number of nitrogens with two attached hydrogens (primary N) is 1. The first-order valence-corrected chi connectivity index (χ1v) is 8.59. The number of fused-ring (bicyclic) bond motifs is 1. The average molecular weight is 349 g/mol. The molecule has 5 rings (SSSR count). The zero-order valence-electron chi connectivity index (χ0n) is 14.0. The summed E-state index contributed by atoms with van der Waals surface area (Å²) in [4.78, 5) is 16.2. The quantitative estimate of drug-likeness (QED) is 0.476. The molecule has 0 spiro atoms. The van der Waals surface area contributed by atoms with Gasteiger partial charge in [-0.15, -0.1) is 0 Å². The molecular weight excluding hydrogens is 330 g/mol. The highest BCUT2D eigenvalue weighted by Crippen LogP contribution is 2.39. The van der Waals surface area contributed by atoms with E-state index in [1.54, 1.807) is 24.9 Å². The van der Waals surface area contributed by atoms with Crippen molar-refractivity contribution >= 4 is 17.0 Å². The fourth-order valence-corrected chi connectivity index (χ4v) is 3.11. The molecule has 4 heterocycles. The van der Waals surface area contributed by atoms with Gasteiger partial charge in [-0.25, -0.2) is 9.98 Å². The Bertz CT molecular complexity index is 1010. The van der Waals surface area contributed by atoms with Crippen molar-refractivity contribution in [3.05, 3.63) is 54.0 Å². The number of nitrogens with one attached hydrogen (secondary N) is 4. The molecule has 9 heteroatoms. The summed E-state index contributed by atoms with van der Waals surface area (Å²) in [5.41, 5.74) is 10.2. The van der Waals surface area contributed by atoms with E-state index in [0.717, 1.165) is 28.0 Å². The minimum atomic E-state index is -0.898. The van der Waals surface area contributed by atoms with Crippen molar-refractivity contribution in [1.82, 2.24) is 35.8 Å². The summed E-state index contributed by atoms with van der Waals surface area (Å²) in [6.45, 7) is 0.433. The molecule has 3 aromatic heterocycles. The average Bonchev–Trinajstić information content (AvgIpc) is 3.18. The molecule has 1 aliphatic heterocycles. The minimum Gasteiger partial charge on any atom is -0.343 e. The van der Waals surface area contributed by atoms with Crippen molar-refractivity contribution in [1.29, 1.82) is 0 Å². The van der Waals surface area contributed by atoms with E-state index in [1.165, 1.54) is 12.8 Å². The maximum absolute atomic E-state index is 6.52. The van der Waals surface area contributed by atoms with Gasteiger partial charge in [-0.2, -0.15) is 5.10 Å². The molecule has 0 saturated heterocycles. The molecule has 9 nitrogen and oxygen atoms in total. The first-order valence-electron chi connectivity index (χ1n) is 8.59. The highest BCUT2D eigenvalue weighted by Gasteiger charge is 2.33. The van der Waals surface area contributed by atoms with E-state index in [-0.39, 0.29) is 0 Å². The van der Waals surface area contributed by atoms with Crippen LogP contribution >= 0.6 is 0 Å². The van der Waals surface area contributed by atoms with Gasteiger partial charge in [0.25, 0.3) is 0 Å². The van der Waals surface area contributed by atoms with Gasteiger partial charge in [0.2, 0.25) is 0 Å². The standard InChI is InChI=1S/C17H19N9/c18-17(14-5-12(25-26-14)10-1-2-10)3-4-20-16(24-17)21-7-11-6-19-8-13-15(11)23-9-22-13/h3-6,8-10H,1-2,7,18H2,(H,22,23)(H,25,26)(H2,20,21,24). The van der Waals surface area contributed by atoms with Crippen LogP contribution in [0.3, 0.4) is 0 Å². The van der Waals surface area contributed by atoms with Crippen LogP contribution < -0.4 is 16.4 Å². The van der Waals surface area contributed by atoms with Crippen molar-refractivity contribution in [2.24, 2.45) is 10.7 Å². The van der Waals surface area contributed by atoms with Crippen LogP contribution in [-0.4, -0.2) is 31.1 Å². The minimum absolute atomic E-state index is 0.433. The van der Waals surface area contributed by atoms with E-state index in [2.05, 4.69) is 40.8 Å². The molecule has 26 heavy (non-hydrogen) atoms. The SMILES string of the molecule is NC1(c2cc(C3CC3)[nH]n2)C=CNC(=NCc2cncc3[nH]cnc23)N1. The third-order valence-corrected chi connectivity index (χ3v) is 4.74. The van der Waals surface area contributed by atoms with Gasteiger partial charge in [-0.3, -0.25) is 10.1 Å². The summed E-state index contributed by atoms with van der Waals surface area (Å²) < 4.78 is 0. The fraction of sp³-hybridized carbons (Fsp3) is 0.294. The highest BCUT2D eigenvalue weighted by atomic mass is 15.3. The van der Waals surface area contributed by atoms with Gasteiger partial charge >= 0.3 is 0 Å². The Morgan fingerprint density at radius 3 is 3.12 bits per heavy atom. The number of rotatable bonds is 4. The van der Waals surface area contributed by atoms with E-state index in [4.69, 9.17) is 5.73 Å². The molecule has 6 N–H and O–H groups in total. The highest BCUT2D eigenvalue weighted by molar-refractivity contribution is 5.83.